The predicted molar refractivity (Wildman–Crippen MR) is 103 cm³/mol. The van der Waals surface area contributed by atoms with E-state index in [1.807, 2.05) is 31.1 Å². The summed E-state index contributed by atoms with van der Waals surface area (Å²) in [5, 5.41) is 20.1. The molecule has 146 valence electrons. The zero-order valence-corrected chi connectivity index (χ0v) is 15.6. The Morgan fingerprint density at radius 2 is 1.68 bits per heavy atom. The summed E-state index contributed by atoms with van der Waals surface area (Å²) in [7, 11) is 3.78. The van der Waals surface area contributed by atoms with Crippen LogP contribution in [0.5, 0.6) is 0 Å². The van der Waals surface area contributed by atoms with E-state index in [0.717, 1.165) is 5.69 Å². The van der Waals surface area contributed by atoms with Gasteiger partial charge in [-0.15, -0.1) is 0 Å². The van der Waals surface area contributed by atoms with Gasteiger partial charge in [0.25, 0.3) is 11.7 Å². The molecule has 0 radical (unpaired) electrons. The van der Waals surface area contributed by atoms with Crippen molar-refractivity contribution in [1.29, 1.82) is 0 Å². The van der Waals surface area contributed by atoms with Crippen molar-refractivity contribution in [1.82, 2.24) is 4.90 Å². The van der Waals surface area contributed by atoms with E-state index in [-0.39, 0.29) is 30.0 Å². The van der Waals surface area contributed by atoms with E-state index in [1.165, 1.54) is 29.2 Å². The summed E-state index contributed by atoms with van der Waals surface area (Å²) in [4.78, 5) is 28.3. The Bertz CT molecular complexity index is 920. The van der Waals surface area contributed by atoms with Gasteiger partial charge in [-0.1, -0.05) is 12.1 Å². The molecule has 1 heterocycles. The van der Waals surface area contributed by atoms with Crippen molar-refractivity contribution >= 4 is 23.1 Å². The van der Waals surface area contributed by atoms with Gasteiger partial charge in [0.1, 0.15) is 11.6 Å². The standard InChI is InChI=1S/C21H21FN2O4/c1-23(2)16-9-5-13(6-10-16)18-17(20(27)21(28)24(18)11-12-25)19(26)14-3-7-15(22)8-4-14/h3-10,18,25-26H,11-12H2,1-2H3/b19-17+. The summed E-state index contributed by atoms with van der Waals surface area (Å²) < 4.78 is 13.2. The molecular formula is C21H21FN2O4. The van der Waals surface area contributed by atoms with Crippen molar-refractivity contribution in [2.75, 3.05) is 32.1 Å². The molecule has 1 atom stereocenters. The van der Waals surface area contributed by atoms with Crippen LogP contribution in [-0.4, -0.2) is 54.1 Å². The average Bonchev–Trinajstić information content (AvgIpc) is 2.93. The first-order chi connectivity index (χ1) is 13.3. The van der Waals surface area contributed by atoms with Gasteiger partial charge in [-0.25, -0.2) is 4.39 Å². The number of anilines is 1. The predicted octanol–water partition coefficient (Wildman–Crippen LogP) is 2.31. The number of carbonyl (C=O) groups excluding carboxylic acids is 2. The lowest BCUT2D eigenvalue weighted by atomic mass is 9.95. The van der Waals surface area contributed by atoms with Gasteiger partial charge in [0.15, 0.2) is 0 Å². The van der Waals surface area contributed by atoms with E-state index in [9.17, 15) is 24.2 Å². The number of rotatable bonds is 5. The molecule has 0 saturated carbocycles. The quantitative estimate of drug-likeness (QED) is 0.470. The number of hydrogen-bond acceptors (Lipinski definition) is 5. The summed E-state index contributed by atoms with van der Waals surface area (Å²) in [6.45, 7) is -0.374. The molecule has 2 aromatic carbocycles. The largest absolute Gasteiger partial charge is 0.507 e. The molecule has 2 N–H and O–H groups in total. The number of likely N-dealkylation sites (tertiary alicyclic amines) is 1. The molecule has 1 saturated heterocycles. The van der Waals surface area contributed by atoms with Crippen molar-refractivity contribution in [2.24, 2.45) is 0 Å². The number of β-amino-alcohol motifs (C(OH)–C–C–N with tert-alkyl or cyclic N) is 1. The number of ketones is 1. The fourth-order valence-corrected chi connectivity index (χ4v) is 3.28. The maximum atomic E-state index is 13.2. The second-order valence-corrected chi connectivity index (χ2v) is 6.71. The lowest BCUT2D eigenvalue weighted by molar-refractivity contribution is -0.140. The van der Waals surface area contributed by atoms with Crippen LogP contribution < -0.4 is 4.90 Å². The highest BCUT2D eigenvalue weighted by molar-refractivity contribution is 6.46. The highest BCUT2D eigenvalue weighted by Crippen LogP contribution is 2.39. The maximum Gasteiger partial charge on any atom is 0.295 e. The van der Waals surface area contributed by atoms with Crippen LogP contribution in [-0.2, 0) is 9.59 Å². The third kappa shape index (κ3) is 3.48. The van der Waals surface area contributed by atoms with Crippen molar-refractivity contribution < 1.29 is 24.2 Å². The summed E-state index contributed by atoms with van der Waals surface area (Å²) in [6, 6.07) is 11.4. The third-order valence-corrected chi connectivity index (χ3v) is 4.72. The monoisotopic (exact) mass is 384 g/mol. The van der Waals surface area contributed by atoms with Gasteiger partial charge in [-0.3, -0.25) is 9.59 Å². The smallest absolute Gasteiger partial charge is 0.295 e. The topological polar surface area (TPSA) is 81.1 Å². The summed E-state index contributed by atoms with van der Waals surface area (Å²) in [6.07, 6.45) is 0. The molecule has 1 amide bonds. The fraction of sp³-hybridized carbons (Fsp3) is 0.238. The lowest BCUT2D eigenvalue weighted by Crippen LogP contribution is -2.32. The SMILES string of the molecule is CN(C)c1ccc(C2/C(=C(\O)c3ccc(F)cc3)C(=O)C(=O)N2CCO)cc1. The normalized spacial score (nSPS) is 18.6. The lowest BCUT2D eigenvalue weighted by Gasteiger charge is -2.25. The molecule has 1 aliphatic rings. The first-order valence-electron chi connectivity index (χ1n) is 8.77. The van der Waals surface area contributed by atoms with E-state index in [0.29, 0.717) is 5.56 Å². The van der Waals surface area contributed by atoms with E-state index >= 15 is 0 Å². The molecule has 1 aliphatic heterocycles. The van der Waals surface area contributed by atoms with Crippen molar-refractivity contribution in [2.45, 2.75) is 6.04 Å². The van der Waals surface area contributed by atoms with Crippen LogP contribution in [0.3, 0.4) is 0 Å². The number of hydrogen-bond donors (Lipinski definition) is 2. The molecule has 0 bridgehead atoms. The van der Waals surface area contributed by atoms with Gasteiger partial charge in [-0.2, -0.15) is 0 Å². The molecule has 0 spiro atoms. The number of aliphatic hydroxyl groups is 2. The number of nitrogens with zero attached hydrogens (tertiary/aromatic N) is 2. The van der Waals surface area contributed by atoms with Gasteiger partial charge in [0, 0.05) is 31.9 Å². The van der Waals surface area contributed by atoms with Gasteiger partial charge in [0.2, 0.25) is 0 Å². The van der Waals surface area contributed by atoms with Crippen molar-refractivity contribution in [3.8, 4) is 0 Å². The van der Waals surface area contributed by atoms with Crippen LogP contribution >= 0.6 is 0 Å². The fourth-order valence-electron chi connectivity index (χ4n) is 3.28. The highest BCUT2D eigenvalue weighted by atomic mass is 19.1. The Labute approximate surface area is 162 Å². The van der Waals surface area contributed by atoms with Gasteiger partial charge in [-0.05, 0) is 42.0 Å². The van der Waals surface area contributed by atoms with Crippen LogP contribution in [0.1, 0.15) is 17.2 Å². The van der Waals surface area contributed by atoms with E-state index in [4.69, 9.17) is 0 Å². The van der Waals surface area contributed by atoms with Crippen LogP contribution in [0, 0.1) is 5.82 Å². The molecule has 1 unspecified atom stereocenters. The number of Topliss-reactive ketones (excluding diaryl/α,β-unsaturated/α-hetero) is 1. The van der Waals surface area contributed by atoms with Gasteiger partial charge >= 0.3 is 0 Å². The summed E-state index contributed by atoms with van der Waals surface area (Å²) >= 11 is 0. The Kier molecular flexibility index (Phi) is 5.46. The highest BCUT2D eigenvalue weighted by Gasteiger charge is 2.45. The molecular weight excluding hydrogens is 363 g/mol. The molecule has 2 aromatic rings. The van der Waals surface area contributed by atoms with Crippen molar-refractivity contribution in [3.63, 3.8) is 0 Å². The molecule has 3 rings (SSSR count). The van der Waals surface area contributed by atoms with Gasteiger partial charge in [0.05, 0.1) is 18.2 Å². The number of aliphatic hydroxyl groups excluding tert-OH is 2. The van der Waals surface area contributed by atoms with Crippen LogP contribution in [0.4, 0.5) is 10.1 Å². The summed E-state index contributed by atoms with van der Waals surface area (Å²) in [5.74, 6) is -2.48. The average molecular weight is 384 g/mol. The molecule has 0 aromatic heterocycles. The second kappa shape index (κ2) is 7.82. The molecule has 6 nitrogen and oxygen atoms in total. The number of amides is 1. The summed E-state index contributed by atoms with van der Waals surface area (Å²) in [5.41, 5.74) is 1.71. The van der Waals surface area contributed by atoms with E-state index in [2.05, 4.69) is 0 Å². The number of benzene rings is 2. The maximum absolute atomic E-state index is 13.2. The molecule has 1 fully saturated rings. The minimum atomic E-state index is -0.839. The van der Waals surface area contributed by atoms with Gasteiger partial charge < -0.3 is 20.0 Å². The van der Waals surface area contributed by atoms with Crippen LogP contribution in [0.25, 0.3) is 5.76 Å². The minimum absolute atomic E-state index is 0.0507. The first kappa shape index (κ1) is 19.6. The first-order valence-corrected chi connectivity index (χ1v) is 8.77. The third-order valence-electron chi connectivity index (χ3n) is 4.72. The number of halogens is 1. The van der Waals surface area contributed by atoms with Crippen LogP contribution in [0.2, 0.25) is 0 Å². The van der Waals surface area contributed by atoms with E-state index < -0.39 is 23.5 Å². The number of carbonyl (C=O) groups is 2. The molecule has 7 heteroatoms. The zero-order valence-electron chi connectivity index (χ0n) is 15.6. The van der Waals surface area contributed by atoms with Crippen molar-refractivity contribution in [3.05, 3.63) is 71.0 Å². The Balaban J connectivity index is 2.14. The Morgan fingerprint density at radius 1 is 1.07 bits per heavy atom. The van der Waals surface area contributed by atoms with E-state index in [1.54, 1.807) is 12.1 Å². The molecule has 0 aliphatic carbocycles. The molecule has 28 heavy (non-hydrogen) atoms. The van der Waals surface area contributed by atoms with Crippen LogP contribution in [0.15, 0.2) is 54.1 Å². The Morgan fingerprint density at radius 3 is 2.21 bits per heavy atom. The minimum Gasteiger partial charge on any atom is -0.507 e. The zero-order chi connectivity index (χ0) is 20.4. The second-order valence-electron chi connectivity index (χ2n) is 6.71. The Hall–Kier alpha value is -3.19.